The van der Waals surface area contributed by atoms with Crippen molar-refractivity contribution in [2.45, 2.75) is 33.4 Å². The first-order chi connectivity index (χ1) is 12.1. The van der Waals surface area contributed by atoms with Gasteiger partial charge in [-0.2, -0.15) is 0 Å². The highest BCUT2D eigenvalue weighted by Gasteiger charge is 2.29. The number of hydrogen-bond donors (Lipinski definition) is 1. The van der Waals surface area contributed by atoms with Gasteiger partial charge >= 0.3 is 0 Å². The van der Waals surface area contributed by atoms with E-state index < -0.39 is 16.1 Å². The summed E-state index contributed by atoms with van der Waals surface area (Å²) in [7, 11) is -3.67. The van der Waals surface area contributed by atoms with Crippen LogP contribution in [0.1, 0.15) is 23.6 Å². The second-order valence-corrected chi connectivity index (χ2v) is 8.64. The van der Waals surface area contributed by atoms with Gasteiger partial charge in [-0.15, -0.1) is 0 Å². The quantitative estimate of drug-likeness (QED) is 0.816. The number of benzene rings is 2. The second kappa shape index (κ2) is 8.10. The van der Waals surface area contributed by atoms with Gasteiger partial charge in [-0.25, -0.2) is 8.42 Å². The zero-order chi connectivity index (χ0) is 19.5. The Morgan fingerprint density at radius 3 is 2.46 bits per heavy atom. The molecule has 2 aromatic rings. The van der Waals surface area contributed by atoms with Gasteiger partial charge in [-0.3, -0.25) is 9.10 Å². The number of anilines is 1. The van der Waals surface area contributed by atoms with Crippen LogP contribution in [0.2, 0.25) is 5.02 Å². The molecule has 0 aliphatic heterocycles. The Balaban J connectivity index is 2.22. The Morgan fingerprint density at radius 1 is 1.19 bits per heavy atom. The van der Waals surface area contributed by atoms with Crippen molar-refractivity contribution in [2.75, 3.05) is 10.6 Å². The van der Waals surface area contributed by atoms with Gasteiger partial charge in [0, 0.05) is 11.6 Å². The van der Waals surface area contributed by atoms with Crippen molar-refractivity contribution in [3.8, 4) is 0 Å². The lowest BCUT2D eigenvalue weighted by molar-refractivity contribution is -0.122. The van der Waals surface area contributed by atoms with E-state index in [4.69, 9.17) is 11.6 Å². The van der Waals surface area contributed by atoms with Gasteiger partial charge in [-0.1, -0.05) is 47.5 Å². The summed E-state index contributed by atoms with van der Waals surface area (Å²) in [5.41, 5.74) is 3.24. The van der Waals surface area contributed by atoms with E-state index in [1.807, 2.05) is 38.1 Å². The number of amides is 1. The molecule has 0 aliphatic rings. The zero-order valence-corrected chi connectivity index (χ0v) is 16.9. The van der Waals surface area contributed by atoms with E-state index in [1.165, 1.54) is 0 Å². The average molecular weight is 395 g/mol. The SMILES string of the molecule is Cc1cccc(CNC(=O)C(C)N(c2ccc(C)c(Cl)c2)S(C)(=O)=O)c1. The molecule has 0 bridgehead atoms. The Hall–Kier alpha value is -2.05. The predicted octanol–water partition coefficient (Wildman–Crippen LogP) is 3.43. The smallest absolute Gasteiger partial charge is 0.243 e. The van der Waals surface area contributed by atoms with Crippen LogP contribution >= 0.6 is 11.6 Å². The summed E-state index contributed by atoms with van der Waals surface area (Å²) < 4.78 is 25.7. The van der Waals surface area contributed by atoms with Crippen LogP contribution in [-0.2, 0) is 21.4 Å². The molecule has 0 saturated carbocycles. The summed E-state index contributed by atoms with van der Waals surface area (Å²) in [6, 6.07) is 11.8. The number of hydrogen-bond acceptors (Lipinski definition) is 3. The average Bonchev–Trinajstić information content (AvgIpc) is 2.55. The highest BCUT2D eigenvalue weighted by molar-refractivity contribution is 7.92. The van der Waals surface area contributed by atoms with E-state index in [1.54, 1.807) is 25.1 Å². The molecule has 140 valence electrons. The lowest BCUT2D eigenvalue weighted by atomic mass is 10.1. The zero-order valence-electron chi connectivity index (χ0n) is 15.3. The Labute approximate surface area is 160 Å². The third kappa shape index (κ3) is 4.99. The summed E-state index contributed by atoms with van der Waals surface area (Å²) in [6.45, 7) is 5.69. The second-order valence-electron chi connectivity index (χ2n) is 6.38. The minimum Gasteiger partial charge on any atom is -0.350 e. The topological polar surface area (TPSA) is 66.5 Å². The summed E-state index contributed by atoms with van der Waals surface area (Å²) in [4.78, 5) is 12.6. The molecule has 0 radical (unpaired) electrons. The van der Waals surface area contributed by atoms with E-state index in [-0.39, 0.29) is 5.91 Å². The molecule has 1 atom stereocenters. The minimum atomic E-state index is -3.67. The van der Waals surface area contributed by atoms with E-state index in [0.717, 1.165) is 27.3 Å². The molecule has 0 aromatic heterocycles. The van der Waals surface area contributed by atoms with Crippen molar-refractivity contribution in [2.24, 2.45) is 0 Å². The first kappa shape index (κ1) is 20.3. The molecule has 1 unspecified atom stereocenters. The maximum absolute atomic E-state index is 12.6. The van der Waals surface area contributed by atoms with Crippen LogP contribution in [0.15, 0.2) is 42.5 Å². The lowest BCUT2D eigenvalue weighted by Gasteiger charge is -2.28. The maximum atomic E-state index is 12.6. The van der Waals surface area contributed by atoms with Crippen molar-refractivity contribution >= 4 is 33.2 Å². The molecule has 1 amide bonds. The van der Waals surface area contributed by atoms with Crippen molar-refractivity contribution in [1.29, 1.82) is 0 Å². The van der Waals surface area contributed by atoms with Gasteiger partial charge < -0.3 is 5.32 Å². The highest BCUT2D eigenvalue weighted by Crippen LogP contribution is 2.26. The molecule has 0 saturated heterocycles. The first-order valence-electron chi connectivity index (χ1n) is 8.18. The summed E-state index contributed by atoms with van der Waals surface area (Å²) in [5.74, 6) is -0.381. The van der Waals surface area contributed by atoms with Crippen molar-refractivity contribution in [1.82, 2.24) is 5.32 Å². The van der Waals surface area contributed by atoms with E-state index >= 15 is 0 Å². The van der Waals surface area contributed by atoms with Gasteiger partial charge in [0.25, 0.3) is 0 Å². The number of carbonyl (C=O) groups is 1. The van der Waals surface area contributed by atoms with Crippen LogP contribution < -0.4 is 9.62 Å². The Morgan fingerprint density at radius 2 is 1.88 bits per heavy atom. The molecule has 5 nitrogen and oxygen atoms in total. The van der Waals surface area contributed by atoms with Crippen molar-refractivity contribution in [3.05, 3.63) is 64.2 Å². The number of carbonyl (C=O) groups excluding carboxylic acids is 1. The molecule has 26 heavy (non-hydrogen) atoms. The fraction of sp³-hybridized carbons (Fsp3) is 0.316. The molecule has 2 rings (SSSR count). The van der Waals surface area contributed by atoms with Gasteiger partial charge in [0.05, 0.1) is 11.9 Å². The lowest BCUT2D eigenvalue weighted by Crippen LogP contribution is -2.47. The van der Waals surface area contributed by atoms with Crippen molar-refractivity contribution < 1.29 is 13.2 Å². The van der Waals surface area contributed by atoms with Crippen LogP contribution in [0.3, 0.4) is 0 Å². The molecule has 2 aromatic carbocycles. The number of sulfonamides is 1. The van der Waals surface area contributed by atoms with Crippen LogP contribution in [0.4, 0.5) is 5.69 Å². The van der Waals surface area contributed by atoms with Crippen molar-refractivity contribution in [3.63, 3.8) is 0 Å². The predicted molar refractivity (Wildman–Crippen MR) is 106 cm³/mol. The number of nitrogens with one attached hydrogen (secondary N) is 1. The fourth-order valence-electron chi connectivity index (χ4n) is 2.69. The molecule has 1 N–H and O–H groups in total. The van der Waals surface area contributed by atoms with Gasteiger partial charge in [-0.05, 0) is 44.0 Å². The normalized spacial score (nSPS) is 12.5. The fourth-order valence-corrected chi connectivity index (χ4v) is 4.03. The first-order valence-corrected chi connectivity index (χ1v) is 10.4. The summed E-state index contributed by atoms with van der Waals surface area (Å²) in [6.07, 6.45) is 1.07. The third-order valence-corrected chi connectivity index (χ3v) is 5.70. The summed E-state index contributed by atoms with van der Waals surface area (Å²) >= 11 is 6.13. The third-order valence-electron chi connectivity index (χ3n) is 4.05. The van der Waals surface area contributed by atoms with Crippen LogP contribution in [0, 0.1) is 13.8 Å². The molecule has 0 heterocycles. The Kier molecular flexibility index (Phi) is 6.31. The molecule has 0 fully saturated rings. The molecule has 0 aliphatic carbocycles. The number of rotatable bonds is 6. The van der Waals surface area contributed by atoms with Crippen LogP contribution in [0.25, 0.3) is 0 Å². The monoisotopic (exact) mass is 394 g/mol. The molecule has 7 heteroatoms. The summed E-state index contributed by atoms with van der Waals surface area (Å²) in [5, 5.41) is 3.24. The van der Waals surface area contributed by atoms with E-state index in [2.05, 4.69) is 5.32 Å². The van der Waals surface area contributed by atoms with Gasteiger partial charge in [0.2, 0.25) is 15.9 Å². The molecule has 0 spiro atoms. The van der Waals surface area contributed by atoms with Crippen LogP contribution in [-0.4, -0.2) is 26.6 Å². The van der Waals surface area contributed by atoms with Gasteiger partial charge in [0.15, 0.2) is 0 Å². The molecular formula is C19H23ClN2O3S. The van der Waals surface area contributed by atoms with E-state index in [9.17, 15) is 13.2 Å². The number of aryl methyl sites for hydroxylation is 2. The largest absolute Gasteiger partial charge is 0.350 e. The minimum absolute atomic E-state index is 0.330. The van der Waals surface area contributed by atoms with Gasteiger partial charge in [0.1, 0.15) is 6.04 Å². The van der Waals surface area contributed by atoms with Crippen LogP contribution in [0.5, 0.6) is 0 Å². The number of halogens is 1. The standard InChI is InChI=1S/C19H23ClN2O3S/c1-13-6-5-7-16(10-13)12-21-19(23)15(3)22(26(4,24)25)17-9-8-14(2)18(20)11-17/h5-11,15H,12H2,1-4H3,(H,21,23). The highest BCUT2D eigenvalue weighted by atomic mass is 35.5. The van der Waals surface area contributed by atoms with E-state index in [0.29, 0.717) is 17.3 Å². The maximum Gasteiger partial charge on any atom is 0.243 e. The number of nitrogens with zero attached hydrogens (tertiary/aromatic N) is 1. The molecular weight excluding hydrogens is 372 g/mol. The Bertz CT molecular complexity index is 913.